The molecule has 1 heterocycles. The number of aromatic nitrogens is 2. The van der Waals surface area contributed by atoms with Gasteiger partial charge in [-0.25, -0.2) is 8.77 Å². The van der Waals surface area contributed by atoms with Crippen molar-refractivity contribution in [3.05, 3.63) is 33.1 Å². The number of hydrogen-bond acceptors (Lipinski definition) is 3. The Morgan fingerprint density at radius 2 is 1.78 bits per heavy atom. The SMILES string of the molecule is CCCCCCCCCSn1ccc(=O)[nH]c1=O. The first-order valence-corrected chi connectivity index (χ1v) is 7.63. The van der Waals surface area contributed by atoms with Gasteiger partial charge < -0.3 is 0 Å². The van der Waals surface area contributed by atoms with E-state index in [1.54, 1.807) is 0 Å². The van der Waals surface area contributed by atoms with Crippen molar-refractivity contribution in [2.24, 2.45) is 0 Å². The summed E-state index contributed by atoms with van der Waals surface area (Å²) in [5, 5.41) is 0. The zero-order valence-electron chi connectivity index (χ0n) is 11.0. The second-order valence-corrected chi connectivity index (χ2v) is 5.45. The standard InChI is InChI=1S/C13H22N2O2S/c1-2-3-4-5-6-7-8-11-18-15-10-9-12(16)14-13(15)17/h9-10H,2-8,11H2,1H3,(H,14,16,17). The van der Waals surface area contributed by atoms with E-state index in [1.807, 2.05) is 0 Å². The number of unbranched alkanes of at least 4 members (excludes halogenated alkanes) is 6. The molecule has 1 rings (SSSR count). The van der Waals surface area contributed by atoms with E-state index in [1.165, 1.54) is 66.7 Å². The van der Waals surface area contributed by atoms with Gasteiger partial charge in [0.25, 0.3) is 5.56 Å². The highest BCUT2D eigenvalue weighted by molar-refractivity contribution is 7.97. The quantitative estimate of drug-likeness (QED) is 0.702. The Morgan fingerprint density at radius 1 is 1.11 bits per heavy atom. The van der Waals surface area contributed by atoms with Gasteiger partial charge in [0.2, 0.25) is 0 Å². The zero-order valence-corrected chi connectivity index (χ0v) is 11.8. The molecule has 0 unspecified atom stereocenters. The first-order chi connectivity index (χ1) is 8.74. The number of H-pyrrole nitrogens is 1. The Hall–Kier alpha value is -0.970. The van der Waals surface area contributed by atoms with Crippen LogP contribution in [0.1, 0.15) is 51.9 Å². The minimum absolute atomic E-state index is 0.338. The average molecular weight is 270 g/mol. The lowest BCUT2D eigenvalue weighted by Gasteiger charge is -2.03. The normalized spacial score (nSPS) is 10.7. The van der Waals surface area contributed by atoms with E-state index in [2.05, 4.69) is 11.9 Å². The van der Waals surface area contributed by atoms with Gasteiger partial charge in [0.1, 0.15) is 0 Å². The Bertz CT molecular complexity index is 439. The van der Waals surface area contributed by atoms with Crippen molar-refractivity contribution < 1.29 is 0 Å². The molecule has 0 saturated heterocycles. The summed E-state index contributed by atoms with van der Waals surface area (Å²) in [5.74, 6) is 0.916. The summed E-state index contributed by atoms with van der Waals surface area (Å²) >= 11 is 1.46. The van der Waals surface area contributed by atoms with E-state index < -0.39 is 0 Å². The van der Waals surface area contributed by atoms with Gasteiger partial charge in [0.15, 0.2) is 0 Å². The molecular formula is C13H22N2O2S. The molecule has 5 heteroatoms. The Morgan fingerprint density at radius 3 is 2.44 bits per heavy atom. The molecule has 1 aromatic heterocycles. The molecule has 0 saturated carbocycles. The second kappa shape index (κ2) is 9.03. The fourth-order valence-corrected chi connectivity index (χ4v) is 2.57. The van der Waals surface area contributed by atoms with Crippen LogP contribution in [0.3, 0.4) is 0 Å². The summed E-state index contributed by atoms with van der Waals surface area (Å²) in [7, 11) is 0. The molecule has 4 nitrogen and oxygen atoms in total. The van der Waals surface area contributed by atoms with E-state index in [-0.39, 0.29) is 11.2 Å². The fourth-order valence-electron chi connectivity index (χ4n) is 1.73. The summed E-state index contributed by atoms with van der Waals surface area (Å²) < 4.78 is 1.48. The summed E-state index contributed by atoms with van der Waals surface area (Å²) in [4.78, 5) is 24.5. The van der Waals surface area contributed by atoms with Crippen LogP contribution < -0.4 is 11.2 Å². The van der Waals surface area contributed by atoms with Crippen molar-refractivity contribution in [2.75, 3.05) is 5.75 Å². The molecule has 0 aliphatic heterocycles. The molecule has 0 radical (unpaired) electrons. The van der Waals surface area contributed by atoms with Gasteiger partial charge in [0, 0.05) is 18.0 Å². The Labute approximate surface area is 112 Å². The molecule has 0 aliphatic rings. The predicted octanol–water partition coefficient (Wildman–Crippen LogP) is 2.78. The maximum Gasteiger partial charge on any atom is 0.338 e. The molecule has 102 valence electrons. The minimum atomic E-state index is -0.340. The Kier molecular flexibility index (Phi) is 7.57. The van der Waals surface area contributed by atoms with E-state index in [0.717, 1.165) is 12.2 Å². The van der Waals surface area contributed by atoms with E-state index in [0.29, 0.717) is 0 Å². The van der Waals surface area contributed by atoms with Crippen LogP contribution >= 0.6 is 11.9 Å². The summed E-state index contributed by atoms with van der Waals surface area (Å²) in [6.45, 7) is 2.22. The number of rotatable bonds is 9. The lowest BCUT2D eigenvalue weighted by atomic mass is 10.1. The van der Waals surface area contributed by atoms with Crippen molar-refractivity contribution in [1.29, 1.82) is 0 Å². The highest BCUT2D eigenvalue weighted by Crippen LogP contribution is 2.10. The third-order valence-electron chi connectivity index (χ3n) is 2.77. The largest absolute Gasteiger partial charge is 0.338 e. The van der Waals surface area contributed by atoms with E-state index in [9.17, 15) is 9.59 Å². The van der Waals surface area contributed by atoms with Crippen LogP contribution in [0, 0.1) is 0 Å². The van der Waals surface area contributed by atoms with E-state index >= 15 is 0 Å². The number of nitrogens with zero attached hydrogens (tertiary/aromatic N) is 1. The molecule has 0 amide bonds. The van der Waals surface area contributed by atoms with Gasteiger partial charge >= 0.3 is 5.69 Å². The predicted molar refractivity (Wildman–Crippen MR) is 77.2 cm³/mol. The summed E-state index contributed by atoms with van der Waals surface area (Å²) in [5.41, 5.74) is -0.678. The zero-order chi connectivity index (χ0) is 13.2. The van der Waals surface area contributed by atoms with Crippen LogP contribution in [-0.2, 0) is 0 Å². The maximum absolute atomic E-state index is 11.4. The molecule has 18 heavy (non-hydrogen) atoms. The van der Waals surface area contributed by atoms with Gasteiger partial charge in [-0.1, -0.05) is 45.4 Å². The topological polar surface area (TPSA) is 54.9 Å². The molecule has 0 spiro atoms. The van der Waals surface area contributed by atoms with Crippen molar-refractivity contribution in [1.82, 2.24) is 8.96 Å². The number of nitrogens with one attached hydrogen (secondary N) is 1. The fraction of sp³-hybridized carbons (Fsp3) is 0.692. The first-order valence-electron chi connectivity index (χ1n) is 6.69. The lowest BCUT2D eigenvalue weighted by Crippen LogP contribution is -2.25. The molecule has 0 fully saturated rings. The molecule has 0 aliphatic carbocycles. The molecule has 1 N–H and O–H groups in total. The minimum Gasteiger partial charge on any atom is -0.273 e. The van der Waals surface area contributed by atoms with Crippen molar-refractivity contribution in [2.45, 2.75) is 51.9 Å². The summed E-state index contributed by atoms with van der Waals surface area (Å²) in [6, 6.07) is 1.37. The molecule has 0 aromatic carbocycles. The smallest absolute Gasteiger partial charge is 0.273 e. The highest BCUT2D eigenvalue weighted by atomic mass is 32.2. The summed E-state index contributed by atoms with van der Waals surface area (Å²) in [6.07, 6.45) is 10.4. The van der Waals surface area contributed by atoms with Gasteiger partial charge in [-0.05, 0) is 18.4 Å². The first kappa shape index (κ1) is 15.1. The molecule has 0 bridgehead atoms. The van der Waals surface area contributed by atoms with Crippen molar-refractivity contribution in [3.8, 4) is 0 Å². The van der Waals surface area contributed by atoms with Crippen LogP contribution in [0.5, 0.6) is 0 Å². The second-order valence-electron chi connectivity index (χ2n) is 4.39. The van der Waals surface area contributed by atoms with Crippen LogP contribution in [0.2, 0.25) is 0 Å². The highest BCUT2D eigenvalue weighted by Gasteiger charge is 1.97. The molecular weight excluding hydrogens is 248 g/mol. The van der Waals surface area contributed by atoms with Gasteiger partial charge in [-0.3, -0.25) is 9.78 Å². The average Bonchev–Trinajstić information content (AvgIpc) is 2.35. The van der Waals surface area contributed by atoms with Crippen molar-refractivity contribution >= 4 is 11.9 Å². The van der Waals surface area contributed by atoms with Gasteiger partial charge in [-0.15, -0.1) is 0 Å². The monoisotopic (exact) mass is 270 g/mol. The maximum atomic E-state index is 11.4. The van der Waals surface area contributed by atoms with Crippen LogP contribution in [0.4, 0.5) is 0 Å². The molecule has 1 aromatic rings. The third kappa shape index (κ3) is 6.10. The van der Waals surface area contributed by atoms with Crippen LogP contribution in [0.15, 0.2) is 21.9 Å². The van der Waals surface area contributed by atoms with E-state index in [4.69, 9.17) is 0 Å². The molecule has 0 atom stereocenters. The number of hydrogen-bond donors (Lipinski definition) is 1. The number of aromatic amines is 1. The van der Waals surface area contributed by atoms with Crippen molar-refractivity contribution in [3.63, 3.8) is 0 Å². The van der Waals surface area contributed by atoms with Gasteiger partial charge in [-0.2, -0.15) is 0 Å². The lowest BCUT2D eigenvalue weighted by molar-refractivity contribution is 0.603. The van der Waals surface area contributed by atoms with Gasteiger partial charge in [0.05, 0.1) is 0 Å². The van der Waals surface area contributed by atoms with Crippen LogP contribution in [0.25, 0.3) is 0 Å². The third-order valence-corrected chi connectivity index (χ3v) is 3.81. The Balaban J connectivity index is 2.11. The van der Waals surface area contributed by atoms with Crippen LogP contribution in [-0.4, -0.2) is 14.7 Å².